The number of amides is 2. The summed E-state index contributed by atoms with van der Waals surface area (Å²) in [4.78, 5) is 31.8. The third kappa shape index (κ3) is 4.45. The Morgan fingerprint density at radius 3 is 2.53 bits per heavy atom. The van der Waals surface area contributed by atoms with Gasteiger partial charge in [-0.05, 0) is 44.4 Å². The molecule has 0 saturated heterocycles. The van der Waals surface area contributed by atoms with Gasteiger partial charge < -0.3 is 25.8 Å². The molecular weight excluding hydrogens is 504 g/mol. The molecular formula is C24H31ClN6O4S. The van der Waals surface area contributed by atoms with Crippen molar-refractivity contribution in [3.63, 3.8) is 0 Å². The first-order chi connectivity index (χ1) is 16.9. The fourth-order valence-electron chi connectivity index (χ4n) is 4.48. The Balaban J connectivity index is 1.47. The Hall–Kier alpha value is -3.05. The summed E-state index contributed by atoms with van der Waals surface area (Å²) in [7, 11) is -2.06. The van der Waals surface area contributed by atoms with Gasteiger partial charge in [0.05, 0.1) is 10.9 Å². The number of hydrogen-bond acceptors (Lipinski definition) is 7. The Morgan fingerprint density at radius 1 is 1.25 bits per heavy atom. The molecule has 0 bridgehead atoms. The van der Waals surface area contributed by atoms with Gasteiger partial charge in [0.25, 0.3) is 11.8 Å². The molecule has 2 amide bonds. The zero-order valence-electron chi connectivity index (χ0n) is 20.5. The van der Waals surface area contributed by atoms with Gasteiger partial charge in [0.15, 0.2) is 15.7 Å². The standard InChI is InChI=1S/C24H31ClN6O4S/c1-23(2,19(26)14-27-3)36(34,35)24(8-9-24)15-30-10-11-31-18(22(30)33)13-28-20(31)21(32)29-12-16-4-6-17(25)7-5-16/h4-7,13-14,27H,8-12,15,26H2,1-3H3,(H,29,32)/b19-14-. The number of fused-ring (bicyclic) bond motifs is 1. The summed E-state index contributed by atoms with van der Waals surface area (Å²) < 4.78 is 26.5. The van der Waals surface area contributed by atoms with Crippen molar-refractivity contribution in [1.82, 2.24) is 25.1 Å². The van der Waals surface area contributed by atoms with Crippen LogP contribution in [0.4, 0.5) is 0 Å². The molecule has 1 aliphatic heterocycles. The van der Waals surface area contributed by atoms with Crippen LogP contribution >= 0.6 is 11.6 Å². The van der Waals surface area contributed by atoms with Crippen molar-refractivity contribution in [3.8, 4) is 0 Å². The highest BCUT2D eigenvalue weighted by Gasteiger charge is 2.61. The molecule has 1 aromatic heterocycles. The van der Waals surface area contributed by atoms with Gasteiger partial charge in [-0.1, -0.05) is 23.7 Å². The number of carbonyl (C=O) groups is 2. The van der Waals surface area contributed by atoms with E-state index in [0.29, 0.717) is 31.0 Å². The molecule has 10 nitrogen and oxygen atoms in total. The number of imidazole rings is 1. The summed E-state index contributed by atoms with van der Waals surface area (Å²) in [6.07, 6.45) is 3.79. The molecule has 2 aliphatic rings. The monoisotopic (exact) mass is 534 g/mol. The number of sulfone groups is 1. The zero-order valence-corrected chi connectivity index (χ0v) is 22.1. The SMILES string of the molecule is CN/C=C(\N)C(C)(C)S(=O)(=O)C1(CN2CCn3c(cnc3C(=O)NCc3ccc(Cl)cc3)C2=O)CC1. The average Bonchev–Trinajstić information content (AvgIpc) is 3.50. The molecule has 0 radical (unpaired) electrons. The van der Waals surface area contributed by atoms with Crippen molar-refractivity contribution in [1.29, 1.82) is 0 Å². The van der Waals surface area contributed by atoms with Crippen LogP contribution in [-0.2, 0) is 22.9 Å². The van der Waals surface area contributed by atoms with Gasteiger partial charge in [0, 0.05) is 50.1 Å². The first kappa shape index (κ1) is 26.0. The Labute approximate surface area is 215 Å². The van der Waals surface area contributed by atoms with E-state index in [4.69, 9.17) is 17.3 Å². The molecule has 36 heavy (non-hydrogen) atoms. The van der Waals surface area contributed by atoms with Crippen molar-refractivity contribution in [2.24, 2.45) is 5.73 Å². The molecule has 1 aliphatic carbocycles. The van der Waals surface area contributed by atoms with Crippen LogP contribution in [0.3, 0.4) is 0 Å². The number of carbonyl (C=O) groups excluding carboxylic acids is 2. The van der Waals surface area contributed by atoms with Crippen LogP contribution in [0.25, 0.3) is 0 Å². The smallest absolute Gasteiger partial charge is 0.287 e. The summed E-state index contributed by atoms with van der Waals surface area (Å²) >= 11 is 5.90. The molecule has 2 aromatic rings. The van der Waals surface area contributed by atoms with E-state index >= 15 is 0 Å². The van der Waals surface area contributed by atoms with E-state index < -0.39 is 25.2 Å². The highest BCUT2D eigenvalue weighted by molar-refractivity contribution is 7.94. The van der Waals surface area contributed by atoms with Crippen molar-refractivity contribution in [2.75, 3.05) is 20.1 Å². The van der Waals surface area contributed by atoms with Crippen molar-refractivity contribution >= 4 is 33.3 Å². The highest BCUT2D eigenvalue weighted by atomic mass is 35.5. The Kier molecular flexibility index (Phi) is 6.82. The van der Waals surface area contributed by atoms with Gasteiger partial charge in [-0.25, -0.2) is 13.4 Å². The van der Waals surface area contributed by atoms with E-state index in [2.05, 4.69) is 15.6 Å². The summed E-state index contributed by atoms with van der Waals surface area (Å²) in [5, 5.41) is 6.20. The zero-order chi connectivity index (χ0) is 26.3. The Morgan fingerprint density at radius 2 is 1.92 bits per heavy atom. The molecule has 12 heteroatoms. The third-order valence-electron chi connectivity index (χ3n) is 7.05. The topological polar surface area (TPSA) is 139 Å². The minimum atomic E-state index is -3.72. The molecule has 4 N–H and O–H groups in total. The molecule has 4 rings (SSSR count). The maximum absolute atomic E-state index is 13.6. The van der Waals surface area contributed by atoms with Crippen molar-refractivity contribution < 1.29 is 18.0 Å². The fourth-order valence-corrected chi connectivity index (χ4v) is 7.02. The second-order valence-corrected chi connectivity index (χ2v) is 13.1. The van der Waals surface area contributed by atoms with Gasteiger partial charge in [0.2, 0.25) is 0 Å². The lowest BCUT2D eigenvalue weighted by Crippen LogP contribution is -2.52. The number of nitrogens with one attached hydrogen (secondary N) is 2. The largest absolute Gasteiger partial charge is 0.400 e. The van der Waals surface area contributed by atoms with Crippen LogP contribution in [-0.4, -0.2) is 64.3 Å². The highest BCUT2D eigenvalue weighted by Crippen LogP contribution is 2.50. The lowest BCUT2D eigenvalue weighted by atomic mass is 10.1. The number of nitrogens with two attached hydrogens (primary N) is 1. The van der Waals surface area contributed by atoms with Gasteiger partial charge in [-0.15, -0.1) is 0 Å². The molecule has 0 atom stereocenters. The lowest BCUT2D eigenvalue weighted by Gasteiger charge is -2.35. The van der Waals surface area contributed by atoms with Gasteiger partial charge in [-0.3, -0.25) is 9.59 Å². The molecule has 2 heterocycles. The molecule has 1 fully saturated rings. The number of aromatic nitrogens is 2. The minimum absolute atomic E-state index is 0.0771. The summed E-state index contributed by atoms with van der Waals surface area (Å²) in [5.74, 6) is -0.595. The van der Waals surface area contributed by atoms with Crippen LogP contribution in [0, 0.1) is 0 Å². The van der Waals surface area contributed by atoms with E-state index in [1.54, 1.807) is 42.5 Å². The van der Waals surface area contributed by atoms with Crippen molar-refractivity contribution in [2.45, 2.75) is 49.3 Å². The van der Waals surface area contributed by atoms with Crippen molar-refractivity contribution in [3.05, 3.63) is 64.5 Å². The third-order valence-corrected chi connectivity index (χ3v) is 10.6. The summed E-state index contributed by atoms with van der Waals surface area (Å²) in [6.45, 7) is 4.17. The van der Waals surface area contributed by atoms with Crippen LogP contribution in [0.2, 0.25) is 5.02 Å². The second-order valence-electron chi connectivity index (χ2n) is 9.74. The maximum Gasteiger partial charge on any atom is 0.287 e. The van der Waals surface area contributed by atoms with Crippen LogP contribution in [0.5, 0.6) is 0 Å². The van der Waals surface area contributed by atoms with Crippen LogP contribution in [0.15, 0.2) is 42.4 Å². The quantitative estimate of drug-likeness (QED) is 0.444. The van der Waals surface area contributed by atoms with E-state index in [9.17, 15) is 18.0 Å². The van der Waals surface area contributed by atoms with E-state index in [0.717, 1.165) is 5.56 Å². The van der Waals surface area contributed by atoms with E-state index in [1.165, 1.54) is 12.4 Å². The maximum atomic E-state index is 13.6. The number of rotatable bonds is 9. The van der Waals surface area contributed by atoms with Gasteiger partial charge in [0.1, 0.15) is 10.4 Å². The molecule has 1 saturated carbocycles. The summed E-state index contributed by atoms with van der Waals surface area (Å²) in [6, 6.07) is 7.12. The number of benzene rings is 1. The molecule has 0 spiro atoms. The lowest BCUT2D eigenvalue weighted by molar-refractivity contribution is 0.0698. The van der Waals surface area contributed by atoms with E-state index in [-0.39, 0.29) is 36.2 Å². The number of halogens is 1. The number of nitrogens with zero attached hydrogens (tertiary/aromatic N) is 3. The molecule has 1 aromatic carbocycles. The predicted molar refractivity (Wildman–Crippen MR) is 137 cm³/mol. The normalized spacial score (nSPS) is 17.5. The van der Waals surface area contributed by atoms with Crippen LogP contribution in [0.1, 0.15) is 53.4 Å². The second kappa shape index (κ2) is 9.44. The number of hydrogen-bond donors (Lipinski definition) is 3. The van der Waals surface area contributed by atoms with Crippen LogP contribution < -0.4 is 16.4 Å². The van der Waals surface area contributed by atoms with E-state index in [1.807, 2.05) is 12.1 Å². The molecule has 194 valence electrons. The first-order valence-corrected chi connectivity index (χ1v) is 13.5. The Bertz CT molecular complexity index is 1310. The van der Waals surface area contributed by atoms with Gasteiger partial charge >= 0.3 is 0 Å². The minimum Gasteiger partial charge on any atom is -0.400 e. The fraction of sp³-hybridized carbons (Fsp3) is 0.458. The van der Waals surface area contributed by atoms with Gasteiger partial charge in [-0.2, -0.15) is 0 Å². The first-order valence-electron chi connectivity index (χ1n) is 11.7. The molecule has 0 unspecified atom stereocenters. The predicted octanol–water partition coefficient (Wildman–Crippen LogP) is 1.67. The summed E-state index contributed by atoms with van der Waals surface area (Å²) in [5.41, 5.74) is 7.44. The average molecular weight is 535 g/mol.